The highest BCUT2D eigenvalue weighted by molar-refractivity contribution is 7.85. The van der Waals surface area contributed by atoms with E-state index in [1.165, 1.54) is 0 Å². The van der Waals surface area contributed by atoms with E-state index in [9.17, 15) is 8.42 Å². The molecule has 0 spiro atoms. The average molecular weight is 209 g/mol. The molecule has 0 saturated heterocycles. The van der Waals surface area contributed by atoms with Crippen molar-refractivity contribution in [3.63, 3.8) is 0 Å². The summed E-state index contributed by atoms with van der Waals surface area (Å²) in [5.74, 6) is -0.350. The quantitative estimate of drug-likeness (QED) is 0.528. The number of hydrogen-bond acceptors (Lipinski definition) is 3. The van der Waals surface area contributed by atoms with Gasteiger partial charge in [-0.1, -0.05) is 20.8 Å². The van der Waals surface area contributed by atoms with Crippen LogP contribution in [0.2, 0.25) is 0 Å². The van der Waals surface area contributed by atoms with Gasteiger partial charge in [0.15, 0.2) is 0 Å². The van der Waals surface area contributed by atoms with Crippen LogP contribution in [0.4, 0.5) is 0 Å². The zero-order valence-corrected chi connectivity index (χ0v) is 9.32. The third-order valence-corrected chi connectivity index (χ3v) is 2.13. The fourth-order valence-electron chi connectivity index (χ4n) is 0.945. The summed E-state index contributed by atoms with van der Waals surface area (Å²) in [4.78, 5) is 0. The normalized spacial score (nSPS) is 13.2. The Kier molecular flexibility index (Phi) is 4.88. The largest absolute Gasteiger partial charge is 0.302 e. The Morgan fingerprint density at radius 2 is 1.85 bits per heavy atom. The molecule has 0 rings (SSSR count). The molecule has 80 valence electrons. The van der Waals surface area contributed by atoms with Crippen LogP contribution in [0.1, 0.15) is 33.6 Å². The van der Waals surface area contributed by atoms with E-state index < -0.39 is 10.1 Å². The first-order valence-corrected chi connectivity index (χ1v) is 5.97. The molecule has 0 aromatic carbocycles. The minimum Gasteiger partial charge on any atom is -0.302 e. The molecule has 0 fully saturated rings. The first-order valence-electron chi connectivity index (χ1n) is 4.37. The lowest BCUT2D eigenvalue weighted by Gasteiger charge is -2.17. The van der Waals surface area contributed by atoms with Crippen LogP contribution in [0.3, 0.4) is 0 Å². The lowest BCUT2D eigenvalue weighted by Crippen LogP contribution is -2.24. The van der Waals surface area contributed by atoms with E-state index in [0.717, 1.165) is 12.8 Å². The van der Waals surface area contributed by atoms with E-state index in [-0.39, 0.29) is 11.3 Å². The minimum atomic E-state index is -3.85. The van der Waals surface area contributed by atoms with Crippen molar-refractivity contribution >= 4 is 10.1 Å². The molecular formula is C8H19NO3S. The Bertz CT molecular complexity index is 228. The molecule has 5 heteroatoms. The first-order chi connectivity index (χ1) is 5.71. The van der Waals surface area contributed by atoms with Gasteiger partial charge in [-0.3, -0.25) is 4.55 Å². The van der Waals surface area contributed by atoms with Gasteiger partial charge in [-0.15, -0.1) is 0 Å². The monoisotopic (exact) mass is 209 g/mol. The van der Waals surface area contributed by atoms with E-state index in [2.05, 4.69) is 26.1 Å². The van der Waals surface area contributed by atoms with Gasteiger partial charge >= 0.3 is 0 Å². The van der Waals surface area contributed by atoms with Gasteiger partial charge < -0.3 is 5.32 Å². The van der Waals surface area contributed by atoms with Crippen LogP contribution in [0.25, 0.3) is 0 Å². The van der Waals surface area contributed by atoms with Crippen molar-refractivity contribution in [2.75, 3.05) is 12.4 Å². The summed E-state index contributed by atoms with van der Waals surface area (Å²) < 4.78 is 29.0. The standard InChI is InChI=1S/C8H19NO3S/c1-8(2,3)5-4-6-9-7-13(10,11)12/h9H,4-7H2,1-3H3,(H,10,11,12). The summed E-state index contributed by atoms with van der Waals surface area (Å²) in [6.45, 7) is 7.03. The maximum absolute atomic E-state index is 10.3. The van der Waals surface area contributed by atoms with Gasteiger partial charge in [0.2, 0.25) is 0 Å². The summed E-state index contributed by atoms with van der Waals surface area (Å²) >= 11 is 0. The molecule has 0 aliphatic rings. The zero-order chi connectivity index (χ0) is 10.5. The van der Waals surface area contributed by atoms with Crippen molar-refractivity contribution in [1.82, 2.24) is 5.32 Å². The van der Waals surface area contributed by atoms with Gasteiger partial charge in [-0.05, 0) is 24.8 Å². The third-order valence-electron chi connectivity index (χ3n) is 1.56. The fraction of sp³-hybridized carbons (Fsp3) is 1.00. The van der Waals surface area contributed by atoms with E-state index in [4.69, 9.17) is 4.55 Å². The predicted molar refractivity (Wildman–Crippen MR) is 53.1 cm³/mol. The van der Waals surface area contributed by atoms with Crippen molar-refractivity contribution < 1.29 is 13.0 Å². The van der Waals surface area contributed by atoms with E-state index >= 15 is 0 Å². The van der Waals surface area contributed by atoms with E-state index in [1.54, 1.807) is 0 Å². The van der Waals surface area contributed by atoms with Crippen molar-refractivity contribution in [3.05, 3.63) is 0 Å². The molecule has 0 aromatic rings. The molecule has 0 unspecified atom stereocenters. The molecule has 0 amide bonds. The molecule has 4 nitrogen and oxygen atoms in total. The SMILES string of the molecule is CC(C)(C)CCCNCS(=O)(=O)O. The number of rotatable bonds is 5. The summed E-state index contributed by atoms with van der Waals surface area (Å²) in [7, 11) is -3.85. The molecule has 0 radical (unpaired) electrons. The molecule has 0 saturated carbocycles. The van der Waals surface area contributed by atoms with E-state index in [1.807, 2.05) is 0 Å². The lowest BCUT2D eigenvalue weighted by atomic mass is 9.91. The van der Waals surface area contributed by atoms with Gasteiger partial charge in [-0.25, -0.2) is 0 Å². The molecule has 0 aliphatic carbocycles. The van der Waals surface area contributed by atoms with Crippen LogP contribution < -0.4 is 5.32 Å². The highest BCUT2D eigenvalue weighted by Crippen LogP contribution is 2.19. The van der Waals surface area contributed by atoms with Gasteiger partial charge in [0.25, 0.3) is 10.1 Å². The summed E-state index contributed by atoms with van der Waals surface area (Å²) in [6.07, 6.45) is 1.95. The highest BCUT2D eigenvalue weighted by atomic mass is 32.2. The zero-order valence-electron chi connectivity index (χ0n) is 8.50. The van der Waals surface area contributed by atoms with Crippen LogP contribution in [-0.2, 0) is 10.1 Å². The first kappa shape index (κ1) is 12.9. The molecule has 0 bridgehead atoms. The molecule has 13 heavy (non-hydrogen) atoms. The highest BCUT2D eigenvalue weighted by Gasteiger charge is 2.09. The second-order valence-corrected chi connectivity index (χ2v) is 5.84. The van der Waals surface area contributed by atoms with Crippen LogP contribution in [0, 0.1) is 5.41 Å². The second kappa shape index (κ2) is 4.93. The smallest absolute Gasteiger partial charge is 0.278 e. The Balaban J connectivity index is 3.39. The van der Waals surface area contributed by atoms with Gasteiger partial charge in [0, 0.05) is 0 Å². The van der Waals surface area contributed by atoms with Crippen molar-refractivity contribution in [3.8, 4) is 0 Å². The Labute approximate surface area is 80.5 Å². The fourth-order valence-corrected chi connectivity index (χ4v) is 1.35. The minimum absolute atomic E-state index is 0.278. The summed E-state index contributed by atoms with van der Waals surface area (Å²) in [5.41, 5.74) is 0.278. The number of nitrogens with one attached hydrogen (secondary N) is 1. The average Bonchev–Trinajstić information content (AvgIpc) is 1.81. The van der Waals surface area contributed by atoms with Crippen molar-refractivity contribution in [1.29, 1.82) is 0 Å². The topological polar surface area (TPSA) is 66.4 Å². The molecular weight excluding hydrogens is 190 g/mol. The Hall–Kier alpha value is -0.130. The molecule has 2 N–H and O–H groups in total. The van der Waals surface area contributed by atoms with Gasteiger partial charge in [0.1, 0.15) is 5.88 Å². The maximum atomic E-state index is 10.3. The predicted octanol–water partition coefficient (Wildman–Crippen LogP) is 1.25. The van der Waals surface area contributed by atoms with E-state index in [0.29, 0.717) is 6.54 Å². The third kappa shape index (κ3) is 11.9. The summed E-state index contributed by atoms with van der Waals surface area (Å²) in [6, 6.07) is 0. The van der Waals surface area contributed by atoms with Crippen LogP contribution in [-0.4, -0.2) is 25.4 Å². The Morgan fingerprint density at radius 1 is 1.31 bits per heavy atom. The van der Waals surface area contributed by atoms with Crippen molar-refractivity contribution in [2.24, 2.45) is 5.41 Å². The van der Waals surface area contributed by atoms with Gasteiger partial charge in [0.05, 0.1) is 0 Å². The molecule has 0 aromatic heterocycles. The van der Waals surface area contributed by atoms with Crippen LogP contribution in [0.15, 0.2) is 0 Å². The van der Waals surface area contributed by atoms with Crippen molar-refractivity contribution in [2.45, 2.75) is 33.6 Å². The summed E-state index contributed by atoms with van der Waals surface area (Å²) in [5, 5.41) is 2.66. The lowest BCUT2D eigenvalue weighted by molar-refractivity contribution is 0.362. The second-order valence-electron chi connectivity index (χ2n) is 4.39. The molecule has 0 aliphatic heterocycles. The van der Waals surface area contributed by atoms with Crippen LogP contribution >= 0.6 is 0 Å². The number of hydrogen-bond donors (Lipinski definition) is 2. The van der Waals surface area contributed by atoms with Gasteiger partial charge in [-0.2, -0.15) is 8.42 Å². The maximum Gasteiger partial charge on any atom is 0.278 e. The molecule has 0 heterocycles. The Morgan fingerprint density at radius 3 is 2.23 bits per heavy atom. The molecule has 0 atom stereocenters. The van der Waals surface area contributed by atoms with Crippen LogP contribution in [0.5, 0.6) is 0 Å².